The first-order valence-electron chi connectivity index (χ1n) is 11.4. The predicted molar refractivity (Wildman–Crippen MR) is 129 cm³/mol. The highest BCUT2D eigenvalue weighted by Gasteiger charge is 2.21. The van der Waals surface area contributed by atoms with Gasteiger partial charge in [-0.15, -0.1) is 0 Å². The fourth-order valence-electron chi connectivity index (χ4n) is 3.19. The van der Waals surface area contributed by atoms with Crippen molar-refractivity contribution in [2.45, 2.75) is 65.6 Å². The summed E-state index contributed by atoms with van der Waals surface area (Å²) < 4.78 is 5.89. The van der Waals surface area contributed by atoms with Crippen LogP contribution in [0.3, 0.4) is 0 Å². The van der Waals surface area contributed by atoms with Crippen molar-refractivity contribution in [3.05, 3.63) is 40.8 Å². The molecule has 0 saturated carbocycles. The Morgan fingerprint density at radius 3 is 2.49 bits per heavy atom. The summed E-state index contributed by atoms with van der Waals surface area (Å²) in [5, 5.41) is 7.58. The van der Waals surface area contributed by atoms with Gasteiger partial charge in [-0.3, -0.25) is 19.2 Å². The lowest BCUT2D eigenvalue weighted by Crippen LogP contribution is -2.44. The van der Waals surface area contributed by atoms with Crippen LogP contribution in [0, 0.1) is 5.92 Å². The van der Waals surface area contributed by atoms with E-state index in [1.165, 1.54) is 37.4 Å². The van der Waals surface area contributed by atoms with E-state index in [0.717, 1.165) is 4.57 Å². The highest BCUT2D eigenvalue weighted by atomic mass is 16.5. The molecule has 1 aromatic heterocycles. The van der Waals surface area contributed by atoms with Gasteiger partial charge in [-0.1, -0.05) is 19.9 Å². The molecule has 0 fully saturated rings. The molecular formula is C24H34N4O7. The summed E-state index contributed by atoms with van der Waals surface area (Å²) in [5.74, 6) is -1.89. The molecule has 0 unspecified atom stereocenters. The third-order valence-electron chi connectivity index (χ3n) is 4.68. The first-order valence-corrected chi connectivity index (χ1v) is 11.4. The maximum absolute atomic E-state index is 12.8. The Hall–Kier alpha value is -3.76. The van der Waals surface area contributed by atoms with Crippen LogP contribution in [0.2, 0.25) is 0 Å². The lowest BCUT2D eigenvalue weighted by molar-refractivity contribution is -0.137. The van der Waals surface area contributed by atoms with Gasteiger partial charge in [0.05, 0.1) is 12.6 Å². The molecule has 0 aromatic carbocycles. The van der Waals surface area contributed by atoms with Gasteiger partial charge in [0.25, 0.3) is 5.56 Å². The summed E-state index contributed by atoms with van der Waals surface area (Å²) in [4.78, 5) is 71.9. The third kappa shape index (κ3) is 11.3. The number of anilines is 1. The molecule has 192 valence electrons. The largest absolute Gasteiger partial charge is 0.463 e. The Morgan fingerprint density at radius 2 is 1.89 bits per heavy atom. The van der Waals surface area contributed by atoms with E-state index in [0.29, 0.717) is 19.1 Å². The Bertz CT molecular complexity index is 984. The van der Waals surface area contributed by atoms with Gasteiger partial charge in [-0.2, -0.15) is 0 Å². The second-order valence-electron chi connectivity index (χ2n) is 8.27. The molecule has 1 aromatic rings. The fraction of sp³-hybridized carbons (Fsp3) is 0.500. The Balaban J connectivity index is 2.86. The summed E-state index contributed by atoms with van der Waals surface area (Å²) in [6, 6.07) is 1.26. The molecule has 11 nitrogen and oxygen atoms in total. The molecule has 0 bridgehead atoms. The van der Waals surface area contributed by atoms with Gasteiger partial charge in [0, 0.05) is 19.2 Å². The third-order valence-corrected chi connectivity index (χ3v) is 4.68. The van der Waals surface area contributed by atoms with Crippen LogP contribution in [0.25, 0.3) is 0 Å². The Kier molecular flexibility index (Phi) is 12.7. The number of allylic oxidation sites excluding steroid dienone is 1. The average Bonchev–Trinajstić information content (AvgIpc) is 2.77. The number of esters is 1. The van der Waals surface area contributed by atoms with E-state index in [1.54, 1.807) is 6.92 Å². The Labute approximate surface area is 204 Å². The molecule has 0 radical (unpaired) electrons. The normalized spacial score (nSPS) is 12.6. The van der Waals surface area contributed by atoms with Crippen LogP contribution in [0.1, 0.15) is 47.0 Å². The van der Waals surface area contributed by atoms with Gasteiger partial charge in [0.1, 0.15) is 24.6 Å². The molecule has 0 aliphatic carbocycles. The zero-order valence-electron chi connectivity index (χ0n) is 20.5. The first-order chi connectivity index (χ1) is 16.6. The molecule has 35 heavy (non-hydrogen) atoms. The van der Waals surface area contributed by atoms with Crippen molar-refractivity contribution in [3.63, 3.8) is 0 Å². The van der Waals surface area contributed by atoms with Gasteiger partial charge in [0.2, 0.25) is 17.7 Å². The molecule has 2 atom stereocenters. The van der Waals surface area contributed by atoms with Crippen molar-refractivity contribution in [1.29, 1.82) is 0 Å². The number of carbonyl (C=O) groups excluding carboxylic acids is 5. The van der Waals surface area contributed by atoms with Crippen LogP contribution in [-0.4, -0.2) is 53.2 Å². The standard InChI is InChI=1S/C24H34N4O7/c1-5-35-22(32)11-7-6-9-19(25-17(4)30)23(33)27-20-10-8-12-28(24(20)34)14-21(31)26-18(15-29)13-16(2)3/h7-8,10-12,15-16,18-19H,5-6,9,13-14H2,1-4H3,(H,25,30)(H,26,31)(H,27,33)/b11-7+/t18-,19+/m1/s1. The molecule has 0 aliphatic heterocycles. The summed E-state index contributed by atoms with van der Waals surface area (Å²) in [5.41, 5.74) is -0.692. The molecule has 1 rings (SSSR count). The molecular weight excluding hydrogens is 456 g/mol. The summed E-state index contributed by atoms with van der Waals surface area (Å²) >= 11 is 0. The number of amides is 3. The average molecular weight is 491 g/mol. The van der Waals surface area contributed by atoms with Crippen molar-refractivity contribution in [3.8, 4) is 0 Å². The maximum Gasteiger partial charge on any atom is 0.330 e. The minimum Gasteiger partial charge on any atom is -0.463 e. The van der Waals surface area contributed by atoms with E-state index in [4.69, 9.17) is 4.74 Å². The van der Waals surface area contributed by atoms with Gasteiger partial charge in [-0.05, 0) is 44.2 Å². The number of nitrogens with zero attached hydrogens (tertiary/aromatic N) is 1. The minimum absolute atomic E-state index is 0.0724. The number of nitrogens with one attached hydrogen (secondary N) is 3. The second-order valence-corrected chi connectivity index (χ2v) is 8.27. The highest BCUT2D eigenvalue weighted by Crippen LogP contribution is 2.06. The SMILES string of the molecule is CCOC(=O)/C=C/CC[C@H](NC(C)=O)C(=O)Nc1cccn(CC(=O)N[C@@H](C=O)CC(C)C)c1=O. The number of aldehydes is 1. The molecule has 11 heteroatoms. The topological polar surface area (TPSA) is 153 Å². The number of ether oxygens (including phenoxy) is 1. The molecule has 0 spiro atoms. The van der Waals surface area contributed by atoms with Crippen LogP contribution in [0.4, 0.5) is 5.69 Å². The Morgan fingerprint density at radius 1 is 1.17 bits per heavy atom. The van der Waals surface area contributed by atoms with Crippen LogP contribution < -0.4 is 21.5 Å². The highest BCUT2D eigenvalue weighted by molar-refractivity contribution is 5.96. The maximum atomic E-state index is 12.8. The van der Waals surface area contributed by atoms with E-state index < -0.39 is 41.3 Å². The van der Waals surface area contributed by atoms with E-state index in [-0.39, 0.29) is 31.2 Å². The summed E-state index contributed by atoms with van der Waals surface area (Å²) in [6.07, 6.45) is 5.75. The smallest absolute Gasteiger partial charge is 0.330 e. The van der Waals surface area contributed by atoms with Crippen molar-refractivity contribution in [2.24, 2.45) is 5.92 Å². The lowest BCUT2D eigenvalue weighted by atomic mass is 10.1. The predicted octanol–water partition coefficient (Wildman–Crippen LogP) is 0.921. The van der Waals surface area contributed by atoms with Crippen LogP contribution in [0.15, 0.2) is 35.3 Å². The number of aromatic nitrogens is 1. The van der Waals surface area contributed by atoms with Gasteiger partial charge >= 0.3 is 5.97 Å². The van der Waals surface area contributed by atoms with E-state index in [2.05, 4.69) is 16.0 Å². The van der Waals surface area contributed by atoms with E-state index in [9.17, 15) is 28.8 Å². The summed E-state index contributed by atoms with van der Waals surface area (Å²) in [7, 11) is 0. The van der Waals surface area contributed by atoms with Crippen molar-refractivity contribution in [1.82, 2.24) is 15.2 Å². The number of rotatable bonds is 14. The number of hydrogen-bond donors (Lipinski definition) is 3. The van der Waals surface area contributed by atoms with Crippen LogP contribution in [0.5, 0.6) is 0 Å². The molecule has 0 aliphatic rings. The second kappa shape index (κ2) is 15.2. The lowest BCUT2D eigenvalue weighted by Gasteiger charge is -2.18. The van der Waals surface area contributed by atoms with E-state index in [1.807, 2.05) is 13.8 Å². The van der Waals surface area contributed by atoms with E-state index >= 15 is 0 Å². The fourth-order valence-corrected chi connectivity index (χ4v) is 3.19. The molecule has 0 saturated heterocycles. The van der Waals surface area contributed by atoms with Crippen molar-refractivity contribution in [2.75, 3.05) is 11.9 Å². The zero-order valence-corrected chi connectivity index (χ0v) is 20.5. The van der Waals surface area contributed by atoms with Gasteiger partial charge in [0.15, 0.2) is 0 Å². The number of carbonyl (C=O) groups is 5. The number of hydrogen-bond acceptors (Lipinski definition) is 7. The monoisotopic (exact) mass is 490 g/mol. The number of pyridine rings is 1. The first kappa shape index (κ1) is 29.3. The zero-order chi connectivity index (χ0) is 26.4. The van der Waals surface area contributed by atoms with Crippen molar-refractivity contribution >= 4 is 35.7 Å². The molecule has 3 N–H and O–H groups in total. The van der Waals surface area contributed by atoms with Crippen molar-refractivity contribution < 1.29 is 28.7 Å². The molecule has 3 amide bonds. The quantitative estimate of drug-likeness (QED) is 0.199. The van der Waals surface area contributed by atoms with Crippen LogP contribution in [-0.2, 0) is 35.3 Å². The summed E-state index contributed by atoms with van der Waals surface area (Å²) in [6.45, 7) is 6.69. The molecule has 1 heterocycles. The van der Waals surface area contributed by atoms with Crippen LogP contribution >= 0.6 is 0 Å². The minimum atomic E-state index is -0.958. The van der Waals surface area contributed by atoms with Gasteiger partial charge < -0.3 is 30.0 Å². The van der Waals surface area contributed by atoms with Gasteiger partial charge in [-0.25, -0.2) is 4.79 Å².